The molecule has 0 atom stereocenters. The molecule has 0 fully saturated rings. The minimum Gasteiger partial charge on any atom is -0.468 e. The van der Waals surface area contributed by atoms with Crippen LogP contribution >= 0.6 is 0 Å². The molecule has 2 aromatic rings. The van der Waals surface area contributed by atoms with E-state index in [1.54, 1.807) is 18.2 Å². The van der Waals surface area contributed by atoms with Crippen LogP contribution in [-0.2, 0) is 13.1 Å². The normalized spacial score (nSPS) is 12.0. The van der Waals surface area contributed by atoms with E-state index in [0.29, 0.717) is 24.6 Å². The van der Waals surface area contributed by atoms with Crippen LogP contribution in [0.2, 0.25) is 0 Å². The fraction of sp³-hybridized carbons (Fsp3) is 0.333. The van der Waals surface area contributed by atoms with Gasteiger partial charge in [0.05, 0.1) is 6.54 Å². The molecular formula is C18H20F4N4O. The van der Waals surface area contributed by atoms with Crippen LogP contribution in [0, 0.1) is 5.82 Å². The number of nitrogens with one attached hydrogen (secondary N) is 2. The number of pyridine rings is 1. The number of aromatic nitrogens is 1. The molecule has 146 valence electrons. The van der Waals surface area contributed by atoms with Crippen molar-refractivity contribution in [1.29, 1.82) is 0 Å². The van der Waals surface area contributed by atoms with Gasteiger partial charge in [0, 0.05) is 25.4 Å². The summed E-state index contributed by atoms with van der Waals surface area (Å²) in [6, 6.07) is 9.19. The molecule has 0 unspecified atom stereocenters. The minimum absolute atomic E-state index is 0.101. The van der Waals surface area contributed by atoms with Gasteiger partial charge in [0.2, 0.25) is 5.88 Å². The molecule has 0 saturated heterocycles. The van der Waals surface area contributed by atoms with E-state index in [9.17, 15) is 17.6 Å². The van der Waals surface area contributed by atoms with Crippen LogP contribution in [0.5, 0.6) is 5.88 Å². The highest BCUT2D eigenvalue weighted by Crippen LogP contribution is 2.17. The van der Waals surface area contributed by atoms with Crippen molar-refractivity contribution in [2.45, 2.75) is 26.2 Å². The number of guanidine groups is 1. The summed E-state index contributed by atoms with van der Waals surface area (Å²) < 4.78 is 54.1. The largest absolute Gasteiger partial charge is 0.468 e. The Labute approximate surface area is 154 Å². The maximum absolute atomic E-state index is 13.2. The molecule has 0 spiro atoms. The molecule has 1 aromatic carbocycles. The third-order valence-electron chi connectivity index (χ3n) is 3.29. The van der Waals surface area contributed by atoms with Gasteiger partial charge in [-0.05, 0) is 30.2 Å². The van der Waals surface area contributed by atoms with Gasteiger partial charge in [0.15, 0.2) is 12.6 Å². The summed E-state index contributed by atoms with van der Waals surface area (Å²) in [5, 5.41) is 6.15. The summed E-state index contributed by atoms with van der Waals surface area (Å²) in [4.78, 5) is 8.21. The van der Waals surface area contributed by atoms with Gasteiger partial charge in [-0.25, -0.2) is 14.4 Å². The first-order valence-corrected chi connectivity index (χ1v) is 8.27. The summed E-state index contributed by atoms with van der Waals surface area (Å²) in [5.74, 6) is 0.116. The average molecular weight is 384 g/mol. The van der Waals surface area contributed by atoms with E-state index in [1.165, 1.54) is 24.4 Å². The molecule has 0 aliphatic heterocycles. The zero-order chi connectivity index (χ0) is 19.7. The van der Waals surface area contributed by atoms with Crippen LogP contribution in [0.3, 0.4) is 0 Å². The average Bonchev–Trinajstić information content (AvgIpc) is 2.62. The van der Waals surface area contributed by atoms with E-state index in [1.807, 2.05) is 6.92 Å². The number of hydrogen-bond donors (Lipinski definition) is 2. The Hall–Kier alpha value is -2.84. The van der Waals surface area contributed by atoms with Crippen LogP contribution < -0.4 is 15.4 Å². The van der Waals surface area contributed by atoms with Gasteiger partial charge in [0.1, 0.15) is 5.82 Å². The lowest BCUT2D eigenvalue weighted by molar-refractivity contribution is -0.154. The maximum atomic E-state index is 13.2. The molecule has 0 bridgehead atoms. The van der Waals surface area contributed by atoms with Gasteiger partial charge in [-0.1, -0.05) is 18.2 Å². The molecule has 0 saturated carbocycles. The number of halogens is 4. The molecule has 27 heavy (non-hydrogen) atoms. The summed E-state index contributed by atoms with van der Waals surface area (Å²) in [5.41, 5.74) is 1.48. The van der Waals surface area contributed by atoms with Gasteiger partial charge in [-0.3, -0.25) is 0 Å². The molecule has 0 amide bonds. The molecular weight excluding hydrogens is 364 g/mol. The van der Waals surface area contributed by atoms with E-state index in [4.69, 9.17) is 0 Å². The monoisotopic (exact) mass is 384 g/mol. The zero-order valence-electron chi connectivity index (χ0n) is 14.7. The number of benzene rings is 1. The first kappa shape index (κ1) is 20.5. The van der Waals surface area contributed by atoms with Gasteiger partial charge in [0.25, 0.3) is 0 Å². The Morgan fingerprint density at radius 3 is 2.59 bits per heavy atom. The van der Waals surface area contributed by atoms with Gasteiger partial charge in [-0.15, -0.1) is 0 Å². The maximum Gasteiger partial charge on any atom is 0.422 e. The highest BCUT2D eigenvalue weighted by molar-refractivity contribution is 5.79. The summed E-state index contributed by atoms with van der Waals surface area (Å²) in [7, 11) is 0. The van der Waals surface area contributed by atoms with Crippen LogP contribution in [0.1, 0.15) is 18.1 Å². The van der Waals surface area contributed by atoms with Crippen molar-refractivity contribution in [2.24, 2.45) is 4.99 Å². The molecule has 0 radical (unpaired) electrons. The van der Waals surface area contributed by atoms with Crippen LogP contribution in [0.4, 0.5) is 17.6 Å². The zero-order valence-corrected chi connectivity index (χ0v) is 14.7. The predicted molar refractivity (Wildman–Crippen MR) is 93.8 cm³/mol. The second kappa shape index (κ2) is 9.75. The number of aliphatic imine (C=N–C) groups is 1. The fourth-order valence-electron chi connectivity index (χ4n) is 2.09. The number of alkyl halides is 3. The second-order valence-corrected chi connectivity index (χ2v) is 5.59. The van der Waals surface area contributed by atoms with E-state index in [-0.39, 0.29) is 18.2 Å². The van der Waals surface area contributed by atoms with Crippen molar-refractivity contribution in [3.8, 4) is 5.88 Å². The van der Waals surface area contributed by atoms with Gasteiger partial charge in [-0.2, -0.15) is 13.2 Å². The Morgan fingerprint density at radius 1 is 1.15 bits per heavy atom. The van der Waals surface area contributed by atoms with Gasteiger partial charge < -0.3 is 15.4 Å². The summed E-state index contributed by atoms with van der Waals surface area (Å²) in [6.07, 6.45) is -3.00. The van der Waals surface area contributed by atoms with Crippen molar-refractivity contribution >= 4 is 5.96 Å². The van der Waals surface area contributed by atoms with E-state index < -0.39 is 12.8 Å². The number of ether oxygens (including phenoxy) is 1. The lowest BCUT2D eigenvalue weighted by atomic mass is 10.2. The minimum atomic E-state index is -4.40. The molecule has 1 aromatic heterocycles. The summed E-state index contributed by atoms with van der Waals surface area (Å²) in [6.45, 7) is 1.83. The Morgan fingerprint density at radius 2 is 1.96 bits per heavy atom. The van der Waals surface area contributed by atoms with Crippen molar-refractivity contribution in [3.63, 3.8) is 0 Å². The molecule has 5 nitrogen and oxygen atoms in total. The number of hydrogen-bond acceptors (Lipinski definition) is 3. The van der Waals surface area contributed by atoms with Gasteiger partial charge >= 0.3 is 6.18 Å². The third-order valence-corrected chi connectivity index (χ3v) is 3.29. The first-order chi connectivity index (χ1) is 12.9. The standard InChI is InChI=1S/C18H20F4N4O/c1-2-23-17(25-9-13-4-3-5-15(19)8-13)26-11-14-6-7-16(24-10-14)27-12-18(20,21)22/h3-8,10H,2,9,11-12H2,1H3,(H2,23,25,26). The second-order valence-electron chi connectivity index (χ2n) is 5.59. The highest BCUT2D eigenvalue weighted by atomic mass is 19.4. The Balaban J connectivity index is 1.91. The SMILES string of the molecule is CCNC(=NCc1ccc(OCC(F)(F)F)nc1)NCc1cccc(F)c1. The van der Waals surface area contributed by atoms with Crippen molar-refractivity contribution < 1.29 is 22.3 Å². The van der Waals surface area contributed by atoms with Crippen molar-refractivity contribution in [1.82, 2.24) is 15.6 Å². The van der Waals surface area contributed by atoms with Crippen molar-refractivity contribution in [2.75, 3.05) is 13.2 Å². The topological polar surface area (TPSA) is 58.5 Å². The molecule has 1 heterocycles. The highest BCUT2D eigenvalue weighted by Gasteiger charge is 2.28. The van der Waals surface area contributed by atoms with Crippen LogP contribution in [0.25, 0.3) is 0 Å². The fourth-order valence-corrected chi connectivity index (χ4v) is 2.09. The van der Waals surface area contributed by atoms with E-state index in [2.05, 4.69) is 25.3 Å². The summed E-state index contributed by atoms with van der Waals surface area (Å²) >= 11 is 0. The first-order valence-electron chi connectivity index (χ1n) is 8.27. The Bertz CT molecular complexity index is 748. The Kier molecular flexibility index (Phi) is 7.39. The van der Waals surface area contributed by atoms with Crippen molar-refractivity contribution in [3.05, 3.63) is 59.5 Å². The quantitative estimate of drug-likeness (QED) is 0.436. The molecule has 0 aliphatic rings. The van der Waals surface area contributed by atoms with E-state index in [0.717, 1.165) is 5.56 Å². The number of nitrogens with zero attached hydrogens (tertiary/aromatic N) is 2. The smallest absolute Gasteiger partial charge is 0.422 e. The molecule has 2 N–H and O–H groups in total. The van der Waals surface area contributed by atoms with Crippen LogP contribution in [0.15, 0.2) is 47.6 Å². The predicted octanol–water partition coefficient (Wildman–Crippen LogP) is 3.42. The lowest BCUT2D eigenvalue weighted by Gasteiger charge is -2.11. The lowest BCUT2D eigenvalue weighted by Crippen LogP contribution is -2.36. The molecule has 2 rings (SSSR count). The van der Waals surface area contributed by atoms with Crippen LogP contribution in [-0.4, -0.2) is 30.3 Å². The molecule has 9 heteroatoms. The molecule has 0 aliphatic carbocycles. The number of rotatable bonds is 7. The third kappa shape index (κ3) is 7.93. The van der Waals surface area contributed by atoms with E-state index >= 15 is 0 Å².